The van der Waals surface area contributed by atoms with Crippen molar-refractivity contribution in [3.8, 4) is 5.75 Å². The lowest BCUT2D eigenvalue weighted by molar-refractivity contribution is -0.120. The molecule has 10 nitrogen and oxygen atoms in total. The Kier molecular flexibility index (Phi) is 8.13. The van der Waals surface area contributed by atoms with Crippen molar-refractivity contribution in [2.24, 2.45) is 5.92 Å². The molecule has 2 saturated heterocycles. The highest BCUT2D eigenvalue weighted by atomic mass is 16.5. The molecule has 0 bridgehead atoms. The van der Waals surface area contributed by atoms with Crippen LogP contribution in [0.1, 0.15) is 46.1 Å². The van der Waals surface area contributed by atoms with Gasteiger partial charge >= 0.3 is 6.03 Å². The maximum atomic E-state index is 11.8. The molecule has 3 aliphatic rings. The maximum absolute atomic E-state index is 11.8. The second kappa shape index (κ2) is 11.9. The quantitative estimate of drug-likeness (QED) is 0.272. The van der Waals surface area contributed by atoms with Gasteiger partial charge in [-0.1, -0.05) is 12.1 Å². The van der Waals surface area contributed by atoms with Crippen LogP contribution in [0.5, 0.6) is 5.75 Å². The fourth-order valence-electron chi connectivity index (χ4n) is 5.21. The number of hydrogen-bond donors (Lipinski definition) is 4. The van der Waals surface area contributed by atoms with Gasteiger partial charge in [0.25, 0.3) is 11.8 Å². The lowest BCUT2D eigenvalue weighted by Crippen LogP contribution is -2.34. The number of piperidine rings is 1. The third kappa shape index (κ3) is 6.23. The highest BCUT2D eigenvalue weighted by molar-refractivity contribution is 6.04. The summed E-state index contributed by atoms with van der Waals surface area (Å²) >= 11 is 0. The Hall–Kier alpha value is -3.89. The molecule has 0 radical (unpaired) electrons. The Morgan fingerprint density at radius 1 is 1.08 bits per heavy atom. The minimum Gasteiger partial charge on any atom is -0.497 e. The highest BCUT2D eigenvalue weighted by Crippen LogP contribution is 2.27. The van der Waals surface area contributed by atoms with E-state index in [1.807, 2.05) is 24.3 Å². The molecule has 0 spiro atoms. The van der Waals surface area contributed by atoms with Gasteiger partial charge < -0.3 is 30.0 Å². The number of methoxy groups -OCH3 is 1. The molecule has 1 atom stereocenters. The second-order valence-electron chi connectivity index (χ2n) is 10.2. The lowest BCUT2D eigenvalue weighted by atomic mass is 9.98. The number of furan rings is 1. The average Bonchev–Trinajstić information content (AvgIpc) is 3.61. The van der Waals surface area contributed by atoms with Gasteiger partial charge in [0.15, 0.2) is 6.04 Å². The molecule has 2 aromatic carbocycles. The van der Waals surface area contributed by atoms with Crippen LogP contribution in [0.15, 0.2) is 46.9 Å². The van der Waals surface area contributed by atoms with Gasteiger partial charge in [-0.2, -0.15) is 0 Å². The van der Waals surface area contributed by atoms with Crippen molar-refractivity contribution in [1.29, 1.82) is 0 Å². The molecule has 0 aliphatic carbocycles. The van der Waals surface area contributed by atoms with Gasteiger partial charge in [-0.05, 0) is 92.8 Å². The first-order valence-electron chi connectivity index (χ1n) is 13.4. The van der Waals surface area contributed by atoms with Gasteiger partial charge in [0, 0.05) is 24.5 Å². The van der Waals surface area contributed by atoms with E-state index in [2.05, 4.69) is 33.4 Å². The first-order chi connectivity index (χ1) is 18.9. The van der Waals surface area contributed by atoms with Gasteiger partial charge in [-0.25, -0.2) is 4.79 Å². The molecule has 10 heteroatoms. The zero-order chi connectivity index (χ0) is 27.4. The normalized spacial score (nSPS) is 19.0. The van der Waals surface area contributed by atoms with E-state index in [4.69, 9.17) is 9.15 Å². The van der Waals surface area contributed by atoms with Crippen molar-refractivity contribution in [3.63, 3.8) is 0 Å². The third-order valence-electron chi connectivity index (χ3n) is 7.44. The molecule has 4 amide bonds. The van der Waals surface area contributed by atoms with Crippen LogP contribution < -0.4 is 26.0 Å². The monoisotopic (exact) mass is 533 g/mol. The fourth-order valence-corrected chi connectivity index (χ4v) is 5.21. The van der Waals surface area contributed by atoms with Crippen molar-refractivity contribution in [2.75, 3.05) is 40.3 Å². The summed E-state index contributed by atoms with van der Waals surface area (Å²) in [6.07, 6.45) is 3.45. The van der Waals surface area contributed by atoms with Crippen molar-refractivity contribution in [2.45, 2.75) is 31.8 Å². The van der Waals surface area contributed by atoms with Crippen LogP contribution in [0.25, 0.3) is 11.0 Å². The molecule has 2 fully saturated rings. The predicted molar refractivity (Wildman–Crippen MR) is 147 cm³/mol. The average molecular weight is 534 g/mol. The SMILES string of the molecule is COc1ccc2c(c1)C(=O)N(C)C2.O=C1NC(=O)[C@H](c2cc3cc(CCNCC4CCNCC4)ccc3o2)N1. The number of hydrogen-bond acceptors (Lipinski definition) is 7. The molecule has 4 N–H and O–H groups in total. The Bertz CT molecular complexity index is 1360. The van der Waals surface area contributed by atoms with Crippen LogP contribution >= 0.6 is 0 Å². The van der Waals surface area contributed by atoms with E-state index in [1.54, 1.807) is 25.1 Å². The summed E-state index contributed by atoms with van der Waals surface area (Å²) in [6, 6.07) is 12.3. The zero-order valence-corrected chi connectivity index (χ0v) is 22.3. The molecule has 6 rings (SSSR count). The topological polar surface area (TPSA) is 125 Å². The minimum atomic E-state index is -0.745. The molecule has 4 heterocycles. The summed E-state index contributed by atoms with van der Waals surface area (Å²) in [5.41, 5.74) is 3.79. The molecule has 3 aromatic rings. The Morgan fingerprint density at radius 2 is 1.90 bits per heavy atom. The van der Waals surface area contributed by atoms with Gasteiger partial charge in [-0.3, -0.25) is 14.9 Å². The molecular weight excluding hydrogens is 498 g/mol. The van der Waals surface area contributed by atoms with Crippen LogP contribution in [0.4, 0.5) is 4.79 Å². The number of fused-ring (bicyclic) bond motifs is 2. The van der Waals surface area contributed by atoms with Crippen LogP contribution in [-0.2, 0) is 17.8 Å². The Balaban J connectivity index is 0.000000198. The second-order valence-corrected chi connectivity index (χ2v) is 10.2. The molecule has 3 aliphatic heterocycles. The number of benzene rings is 2. The molecule has 0 saturated carbocycles. The highest BCUT2D eigenvalue weighted by Gasteiger charge is 2.33. The largest absolute Gasteiger partial charge is 0.497 e. The number of carbonyl (C=O) groups excluding carboxylic acids is 3. The number of nitrogens with one attached hydrogen (secondary N) is 4. The number of nitrogens with zero attached hydrogens (tertiary/aromatic N) is 1. The van der Waals surface area contributed by atoms with Crippen LogP contribution in [0.3, 0.4) is 0 Å². The first-order valence-corrected chi connectivity index (χ1v) is 13.4. The predicted octanol–water partition coefficient (Wildman–Crippen LogP) is 2.73. The van der Waals surface area contributed by atoms with E-state index in [9.17, 15) is 14.4 Å². The van der Waals surface area contributed by atoms with Crippen LogP contribution in [0.2, 0.25) is 0 Å². The van der Waals surface area contributed by atoms with Gasteiger partial charge in [0.05, 0.1) is 7.11 Å². The summed E-state index contributed by atoms with van der Waals surface area (Å²) in [4.78, 5) is 36.3. The van der Waals surface area contributed by atoms with Crippen molar-refractivity contribution < 1.29 is 23.5 Å². The van der Waals surface area contributed by atoms with Gasteiger partial charge in [-0.15, -0.1) is 0 Å². The fraction of sp³-hybridized carbons (Fsp3) is 0.414. The lowest BCUT2D eigenvalue weighted by Gasteiger charge is -2.22. The molecular formula is C29H35N5O5. The summed E-state index contributed by atoms with van der Waals surface area (Å²) in [5.74, 6) is 1.68. The first kappa shape index (κ1) is 26.7. The van der Waals surface area contributed by atoms with E-state index >= 15 is 0 Å². The minimum absolute atomic E-state index is 0.0777. The third-order valence-corrected chi connectivity index (χ3v) is 7.44. The molecule has 0 unspecified atom stereocenters. The van der Waals surface area contributed by atoms with E-state index in [0.717, 1.165) is 66.4 Å². The van der Waals surface area contributed by atoms with Crippen LogP contribution in [-0.4, -0.2) is 63.1 Å². The molecule has 206 valence electrons. The van der Waals surface area contributed by atoms with E-state index < -0.39 is 12.1 Å². The molecule has 1 aromatic heterocycles. The van der Waals surface area contributed by atoms with Crippen molar-refractivity contribution in [1.82, 2.24) is 26.2 Å². The number of carbonyl (C=O) groups is 3. The van der Waals surface area contributed by atoms with Crippen LogP contribution in [0, 0.1) is 5.92 Å². The molecule has 39 heavy (non-hydrogen) atoms. The summed E-state index contributed by atoms with van der Waals surface area (Å²) < 4.78 is 10.8. The van der Waals surface area contributed by atoms with Crippen molar-refractivity contribution >= 4 is 28.8 Å². The summed E-state index contributed by atoms with van der Waals surface area (Å²) in [5, 5.41) is 12.7. The Labute approximate surface area is 227 Å². The zero-order valence-electron chi connectivity index (χ0n) is 22.3. The van der Waals surface area contributed by atoms with Crippen molar-refractivity contribution in [3.05, 3.63) is 64.9 Å². The number of amides is 4. The maximum Gasteiger partial charge on any atom is 0.322 e. The summed E-state index contributed by atoms with van der Waals surface area (Å²) in [7, 11) is 3.40. The number of ether oxygens (including phenoxy) is 1. The summed E-state index contributed by atoms with van der Waals surface area (Å²) in [6.45, 7) is 4.99. The van der Waals surface area contributed by atoms with Gasteiger partial charge in [0.1, 0.15) is 17.1 Å². The standard InChI is InChI=1S/C19H24N4O3.C10H11NO2/c24-18-17(22-19(25)23-18)16-10-14-9-12(1-2-15(14)26-16)3-8-21-11-13-4-6-20-7-5-13;1-11-6-7-3-4-8(13-2)5-9(7)10(11)12/h1-2,9-10,13,17,20-21H,3-8,11H2,(H2,22,23,24,25);3-5H,6H2,1-2H3/t17-;/m0./s1. The van der Waals surface area contributed by atoms with E-state index in [0.29, 0.717) is 12.3 Å². The Morgan fingerprint density at radius 3 is 2.64 bits per heavy atom. The number of rotatable bonds is 7. The van der Waals surface area contributed by atoms with E-state index in [-0.39, 0.29) is 11.8 Å². The number of urea groups is 1. The number of imide groups is 1. The smallest absolute Gasteiger partial charge is 0.322 e. The van der Waals surface area contributed by atoms with Gasteiger partial charge in [0.2, 0.25) is 0 Å². The van der Waals surface area contributed by atoms with E-state index in [1.165, 1.54) is 18.4 Å².